The van der Waals surface area contributed by atoms with Crippen molar-refractivity contribution in [2.75, 3.05) is 13.2 Å². The van der Waals surface area contributed by atoms with Gasteiger partial charge in [-0.25, -0.2) is 0 Å². The topological polar surface area (TPSA) is 78.4 Å². The number of carbonyl (C=O) groups is 2. The zero-order valence-electron chi connectivity index (χ0n) is 11.0. The molecule has 104 valence electrons. The second kappa shape index (κ2) is 6.73. The average molecular weight is 272 g/mol. The van der Waals surface area contributed by atoms with E-state index in [1.165, 1.54) is 0 Å². The van der Waals surface area contributed by atoms with Gasteiger partial charge in [-0.15, -0.1) is 0 Å². The van der Waals surface area contributed by atoms with Crippen LogP contribution in [0.5, 0.6) is 0 Å². The smallest absolute Gasteiger partial charge is 0.252 e. The van der Waals surface area contributed by atoms with E-state index in [2.05, 4.69) is 22.5 Å². The summed E-state index contributed by atoms with van der Waals surface area (Å²) in [6, 6.07) is 6.86. The van der Waals surface area contributed by atoms with Crippen LogP contribution in [0.4, 0.5) is 0 Å². The average Bonchev–Trinajstić information content (AvgIpc) is 2.85. The van der Waals surface area contributed by atoms with Crippen molar-refractivity contribution in [1.82, 2.24) is 10.6 Å². The Hall–Kier alpha value is -2.32. The fraction of sp³-hybridized carbons (Fsp3) is 0.333. The third-order valence-electron chi connectivity index (χ3n) is 2.94. The van der Waals surface area contributed by atoms with Crippen LogP contribution in [0.1, 0.15) is 28.8 Å². The fourth-order valence-electron chi connectivity index (χ4n) is 1.97. The van der Waals surface area contributed by atoms with Crippen LogP contribution in [0.15, 0.2) is 24.3 Å². The van der Waals surface area contributed by atoms with Crippen LogP contribution in [0.25, 0.3) is 0 Å². The predicted octanol–water partition coefficient (Wildman–Crippen LogP) is 0.0388. The van der Waals surface area contributed by atoms with Gasteiger partial charge in [0.25, 0.3) is 5.91 Å². The number of hydrogen-bond donors (Lipinski definition) is 3. The van der Waals surface area contributed by atoms with Crippen molar-refractivity contribution >= 4 is 11.8 Å². The zero-order chi connectivity index (χ0) is 14.4. The van der Waals surface area contributed by atoms with Crippen LogP contribution in [0.3, 0.4) is 0 Å². The monoisotopic (exact) mass is 272 g/mol. The first-order valence-corrected chi connectivity index (χ1v) is 6.47. The van der Waals surface area contributed by atoms with Crippen molar-refractivity contribution in [3.05, 3.63) is 35.4 Å². The molecule has 1 saturated heterocycles. The van der Waals surface area contributed by atoms with Crippen molar-refractivity contribution < 1.29 is 14.7 Å². The summed E-state index contributed by atoms with van der Waals surface area (Å²) in [5, 5.41) is 14.2. The van der Waals surface area contributed by atoms with E-state index in [9.17, 15) is 9.59 Å². The maximum absolute atomic E-state index is 12.2. The van der Waals surface area contributed by atoms with Crippen LogP contribution in [-0.2, 0) is 4.79 Å². The highest BCUT2D eigenvalue weighted by atomic mass is 16.2. The molecule has 1 fully saturated rings. The minimum atomic E-state index is -0.236. The molecule has 20 heavy (non-hydrogen) atoms. The fourth-order valence-corrected chi connectivity index (χ4v) is 1.97. The summed E-state index contributed by atoms with van der Waals surface area (Å²) in [6.07, 6.45) is 0.682. The molecular formula is C15H16N2O3. The van der Waals surface area contributed by atoms with E-state index in [0.717, 1.165) is 0 Å². The SMILES string of the molecule is O=C1CC(NC(=O)c2ccccc2C#CCCO)CN1. The maximum Gasteiger partial charge on any atom is 0.252 e. The molecule has 1 aromatic carbocycles. The van der Waals surface area contributed by atoms with E-state index in [1.54, 1.807) is 24.3 Å². The highest BCUT2D eigenvalue weighted by molar-refractivity contribution is 5.97. The lowest BCUT2D eigenvalue weighted by Crippen LogP contribution is -2.36. The van der Waals surface area contributed by atoms with E-state index in [1.807, 2.05) is 0 Å². The number of aliphatic hydroxyl groups is 1. The Bertz CT molecular complexity index is 572. The Labute approximate surface area is 117 Å². The molecule has 0 radical (unpaired) electrons. The van der Waals surface area contributed by atoms with Crippen LogP contribution < -0.4 is 10.6 Å². The number of benzene rings is 1. The number of amides is 2. The Kier molecular flexibility index (Phi) is 4.75. The van der Waals surface area contributed by atoms with E-state index >= 15 is 0 Å². The minimum Gasteiger partial charge on any atom is -0.395 e. The molecule has 0 saturated carbocycles. The quantitative estimate of drug-likeness (QED) is 0.680. The molecular weight excluding hydrogens is 256 g/mol. The molecule has 0 aliphatic carbocycles. The molecule has 1 atom stereocenters. The highest BCUT2D eigenvalue weighted by Gasteiger charge is 2.23. The normalized spacial score (nSPS) is 17.1. The predicted molar refractivity (Wildman–Crippen MR) is 73.9 cm³/mol. The first-order chi connectivity index (χ1) is 9.70. The van der Waals surface area contributed by atoms with Crippen LogP contribution in [0, 0.1) is 11.8 Å². The lowest BCUT2D eigenvalue weighted by atomic mass is 10.1. The largest absolute Gasteiger partial charge is 0.395 e. The third-order valence-corrected chi connectivity index (χ3v) is 2.94. The summed E-state index contributed by atoms with van der Waals surface area (Å²) in [5.74, 6) is 5.39. The van der Waals surface area contributed by atoms with E-state index in [4.69, 9.17) is 5.11 Å². The lowest BCUT2D eigenvalue weighted by molar-refractivity contribution is -0.119. The van der Waals surface area contributed by atoms with Gasteiger partial charge in [0.05, 0.1) is 18.2 Å². The minimum absolute atomic E-state index is 0.00276. The maximum atomic E-state index is 12.2. The standard InChI is InChI=1S/C15H16N2O3/c18-8-4-3-6-11-5-1-2-7-13(11)15(20)17-12-9-14(19)16-10-12/h1-2,5,7,12,18H,4,8-10H2,(H,16,19)(H,17,20). The summed E-state index contributed by atoms with van der Waals surface area (Å²) in [6.45, 7) is 0.458. The Morgan fingerprint density at radius 2 is 2.25 bits per heavy atom. The Balaban J connectivity index is 2.09. The molecule has 0 aromatic heterocycles. The van der Waals surface area contributed by atoms with Gasteiger partial charge in [0, 0.05) is 24.9 Å². The van der Waals surface area contributed by atoms with Gasteiger partial charge in [-0.3, -0.25) is 9.59 Å². The molecule has 1 unspecified atom stereocenters. The van der Waals surface area contributed by atoms with Crippen molar-refractivity contribution in [3.63, 3.8) is 0 Å². The summed E-state index contributed by atoms with van der Waals surface area (Å²) in [5.41, 5.74) is 1.10. The van der Waals surface area contributed by atoms with Crippen LogP contribution in [-0.4, -0.2) is 36.1 Å². The van der Waals surface area contributed by atoms with Gasteiger partial charge in [-0.1, -0.05) is 24.0 Å². The van der Waals surface area contributed by atoms with E-state index in [-0.39, 0.29) is 24.5 Å². The molecule has 0 spiro atoms. The molecule has 1 aromatic rings. The molecule has 0 bridgehead atoms. The molecule has 1 heterocycles. The Morgan fingerprint density at radius 3 is 2.95 bits per heavy atom. The molecule has 3 N–H and O–H groups in total. The third kappa shape index (κ3) is 3.59. The first-order valence-electron chi connectivity index (χ1n) is 6.47. The molecule has 1 aliphatic rings. The van der Waals surface area contributed by atoms with Gasteiger partial charge >= 0.3 is 0 Å². The molecule has 2 rings (SSSR count). The van der Waals surface area contributed by atoms with Crippen molar-refractivity contribution in [2.24, 2.45) is 0 Å². The van der Waals surface area contributed by atoms with Gasteiger partial charge in [0.1, 0.15) is 0 Å². The van der Waals surface area contributed by atoms with Crippen LogP contribution in [0.2, 0.25) is 0 Å². The zero-order valence-corrected chi connectivity index (χ0v) is 11.0. The molecule has 5 heteroatoms. The molecule has 5 nitrogen and oxygen atoms in total. The van der Waals surface area contributed by atoms with E-state index < -0.39 is 0 Å². The van der Waals surface area contributed by atoms with E-state index in [0.29, 0.717) is 30.5 Å². The van der Waals surface area contributed by atoms with Gasteiger partial charge in [0.15, 0.2) is 0 Å². The van der Waals surface area contributed by atoms with Crippen molar-refractivity contribution in [2.45, 2.75) is 18.9 Å². The summed E-state index contributed by atoms with van der Waals surface area (Å²) in [4.78, 5) is 23.3. The van der Waals surface area contributed by atoms with Crippen molar-refractivity contribution in [1.29, 1.82) is 0 Å². The van der Waals surface area contributed by atoms with Crippen LogP contribution >= 0.6 is 0 Å². The molecule has 2 amide bonds. The second-order valence-electron chi connectivity index (χ2n) is 4.50. The summed E-state index contributed by atoms with van der Waals surface area (Å²) < 4.78 is 0. The summed E-state index contributed by atoms with van der Waals surface area (Å²) in [7, 11) is 0. The second-order valence-corrected chi connectivity index (χ2v) is 4.50. The van der Waals surface area contributed by atoms with Gasteiger partial charge < -0.3 is 15.7 Å². The van der Waals surface area contributed by atoms with Gasteiger partial charge in [-0.2, -0.15) is 0 Å². The number of aliphatic hydroxyl groups excluding tert-OH is 1. The van der Waals surface area contributed by atoms with Gasteiger partial charge in [-0.05, 0) is 12.1 Å². The lowest BCUT2D eigenvalue weighted by Gasteiger charge is -2.11. The Morgan fingerprint density at radius 1 is 1.45 bits per heavy atom. The number of hydrogen-bond acceptors (Lipinski definition) is 3. The summed E-state index contributed by atoms with van der Waals surface area (Å²) >= 11 is 0. The number of rotatable bonds is 3. The number of nitrogens with one attached hydrogen (secondary N) is 2. The first kappa shape index (κ1) is 14.1. The highest BCUT2D eigenvalue weighted by Crippen LogP contribution is 2.09. The molecule has 1 aliphatic heterocycles. The van der Waals surface area contributed by atoms with Crippen molar-refractivity contribution in [3.8, 4) is 11.8 Å². The van der Waals surface area contributed by atoms with Gasteiger partial charge in [0.2, 0.25) is 5.91 Å². The number of carbonyl (C=O) groups excluding carboxylic acids is 2.